The average molecular weight is 565 g/mol. The number of amides is 1. The van der Waals surface area contributed by atoms with Gasteiger partial charge in [-0.05, 0) is 66.9 Å². The Hall–Kier alpha value is -4.47. The number of hydrogen-bond donors (Lipinski definition) is 2. The summed E-state index contributed by atoms with van der Waals surface area (Å²) in [5.74, 6) is 0.471. The minimum Gasteiger partial charge on any atom is -0.368 e. The number of rotatable bonds is 6. The first-order valence-corrected chi connectivity index (χ1v) is 14.4. The van der Waals surface area contributed by atoms with Crippen molar-refractivity contribution in [1.29, 1.82) is 0 Å². The lowest BCUT2D eigenvalue weighted by atomic mass is 10.00. The summed E-state index contributed by atoms with van der Waals surface area (Å²) in [4.78, 5) is 36.0. The minimum absolute atomic E-state index is 0.139. The molecule has 1 aliphatic rings. The molecule has 0 saturated carbocycles. The molecule has 1 aliphatic heterocycles. The highest BCUT2D eigenvalue weighted by Gasteiger charge is 2.16. The highest BCUT2D eigenvalue weighted by atomic mass is 32.1. The zero-order valence-electron chi connectivity index (χ0n) is 23.3. The van der Waals surface area contributed by atoms with E-state index in [1.54, 1.807) is 11.6 Å². The summed E-state index contributed by atoms with van der Waals surface area (Å²) in [6.45, 7) is 5.97. The molecule has 1 fully saturated rings. The molecule has 0 radical (unpaired) electrons. The van der Waals surface area contributed by atoms with E-state index >= 15 is 0 Å². The average Bonchev–Trinajstić information content (AvgIpc) is 3.42. The van der Waals surface area contributed by atoms with Crippen molar-refractivity contribution in [2.45, 2.75) is 6.92 Å². The van der Waals surface area contributed by atoms with Crippen LogP contribution in [0.4, 0.5) is 22.9 Å². The largest absolute Gasteiger partial charge is 0.368 e. The van der Waals surface area contributed by atoms with Crippen LogP contribution in [0.1, 0.15) is 15.2 Å². The minimum atomic E-state index is -0.148. The van der Waals surface area contributed by atoms with Gasteiger partial charge >= 0.3 is 0 Å². The number of nitrogens with one attached hydrogen (secondary N) is 2. The number of fused-ring (bicyclic) bond motifs is 1. The molecule has 4 heterocycles. The van der Waals surface area contributed by atoms with E-state index < -0.39 is 0 Å². The number of nitrogens with zero attached hydrogens (tertiary/aromatic N) is 4. The van der Waals surface area contributed by atoms with Gasteiger partial charge in [-0.25, -0.2) is 4.98 Å². The molecule has 2 aromatic carbocycles. The molecular formula is C32H32N6O2S. The third-order valence-electron chi connectivity index (χ3n) is 7.60. The van der Waals surface area contributed by atoms with E-state index in [-0.39, 0.29) is 11.5 Å². The van der Waals surface area contributed by atoms with Crippen LogP contribution in [0.15, 0.2) is 83.9 Å². The van der Waals surface area contributed by atoms with Gasteiger partial charge in [0.25, 0.3) is 11.5 Å². The summed E-state index contributed by atoms with van der Waals surface area (Å²) >= 11 is 1.48. The number of aryl methyl sites for hydroxylation is 1. The van der Waals surface area contributed by atoms with E-state index in [2.05, 4.69) is 32.5 Å². The fourth-order valence-electron chi connectivity index (χ4n) is 5.16. The van der Waals surface area contributed by atoms with E-state index in [9.17, 15) is 9.59 Å². The number of aromatic nitrogens is 2. The van der Waals surface area contributed by atoms with Crippen LogP contribution in [0.2, 0.25) is 0 Å². The van der Waals surface area contributed by atoms with Crippen molar-refractivity contribution in [3.8, 4) is 11.1 Å². The lowest BCUT2D eigenvalue weighted by Crippen LogP contribution is -2.44. The molecule has 8 nitrogen and oxygen atoms in total. The maximum Gasteiger partial charge on any atom is 0.274 e. The van der Waals surface area contributed by atoms with Gasteiger partial charge in [-0.3, -0.25) is 9.59 Å². The number of thiophene rings is 1. The van der Waals surface area contributed by atoms with Gasteiger partial charge in [0, 0.05) is 55.4 Å². The second-order valence-corrected chi connectivity index (χ2v) is 11.5. The van der Waals surface area contributed by atoms with Crippen LogP contribution in [0.5, 0.6) is 0 Å². The lowest BCUT2D eigenvalue weighted by molar-refractivity contribution is 0.103. The first kappa shape index (κ1) is 26.7. The molecule has 9 heteroatoms. The van der Waals surface area contributed by atoms with Gasteiger partial charge in [0.15, 0.2) is 0 Å². The number of hydrogen-bond acceptors (Lipinski definition) is 7. The van der Waals surface area contributed by atoms with Crippen LogP contribution in [0, 0.1) is 6.92 Å². The van der Waals surface area contributed by atoms with Crippen LogP contribution in [-0.4, -0.2) is 53.6 Å². The van der Waals surface area contributed by atoms with Crippen LogP contribution in [-0.2, 0) is 7.05 Å². The molecule has 208 valence electrons. The van der Waals surface area contributed by atoms with Crippen molar-refractivity contribution in [2.24, 2.45) is 7.05 Å². The number of likely N-dealkylation sites (N-methyl/N-ethyl adjacent to an activating group) is 1. The van der Waals surface area contributed by atoms with Crippen molar-refractivity contribution < 1.29 is 4.79 Å². The van der Waals surface area contributed by atoms with Gasteiger partial charge < -0.3 is 25.0 Å². The molecule has 0 aliphatic carbocycles. The highest BCUT2D eigenvalue weighted by Crippen LogP contribution is 2.31. The normalized spacial score (nSPS) is 13.9. The predicted molar refractivity (Wildman–Crippen MR) is 169 cm³/mol. The Balaban J connectivity index is 1.23. The fourth-order valence-corrected chi connectivity index (χ4v) is 6.12. The van der Waals surface area contributed by atoms with E-state index in [1.165, 1.54) is 11.3 Å². The van der Waals surface area contributed by atoms with Gasteiger partial charge in [0.05, 0.1) is 16.8 Å². The van der Waals surface area contributed by atoms with E-state index in [0.717, 1.165) is 64.3 Å². The summed E-state index contributed by atoms with van der Waals surface area (Å²) in [6.07, 6.45) is 3.67. The van der Waals surface area contributed by atoms with E-state index in [0.29, 0.717) is 16.4 Å². The molecule has 5 aromatic rings. The summed E-state index contributed by atoms with van der Waals surface area (Å²) in [5, 5.41) is 7.36. The van der Waals surface area contributed by atoms with E-state index in [4.69, 9.17) is 0 Å². The monoisotopic (exact) mass is 564 g/mol. The number of carbonyl (C=O) groups excluding carboxylic acids is 1. The second-order valence-electron chi connectivity index (χ2n) is 10.5. The molecule has 0 spiro atoms. The number of benzene rings is 2. The molecule has 0 atom stereocenters. The summed E-state index contributed by atoms with van der Waals surface area (Å²) in [5.41, 5.74) is 4.80. The van der Waals surface area contributed by atoms with Crippen LogP contribution in [0.3, 0.4) is 0 Å². The van der Waals surface area contributed by atoms with E-state index in [1.807, 2.05) is 86.0 Å². The van der Waals surface area contributed by atoms with Crippen molar-refractivity contribution >= 4 is 50.2 Å². The molecule has 1 amide bonds. The number of carbonyl (C=O) groups is 1. The topological polar surface area (TPSA) is 82.5 Å². The van der Waals surface area contributed by atoms with Gasteiger partial charge in [0.1, 0.15) is 11.5 Å². The van der Waals surface area contributed by atoms with Gasteiger partial charge in [-0.15, -0.1) is 11.3 Å². The molecule has 41 heavy (non-hydrogen) atoms. The maximum absolute atomic E-state index is 13.1. The van der Waals surface area contributed by atoms with Crippen LogP contribution in [0.25, 0.3) is 21.2 Å². The summed E-state index contributed by atoms with van der Waals surface area (Å²) in [7, 11) is 3.88. The van der Waals surface area contributed by atoms with Crippen LogP contribution >= 0.6 is 11.3 Å². The first-order valence-electron chi connectivity index (χ1n) is 13.6. The van der Waals surface area contributed by atoms with Crippen LogP contribution < -0.4 is 21.1 Å². The van der Waals surface area contributed by atoms with Gasteiger partial charge in [-0.1, -0.05) is 30.3 Å². The zero-order valence-corrected chi connectivity index (χ0v) is 24.2. The molecule has 0 bridgehead atoms. The summed E-state index contributed by atoms with van der Waals surface area (Å²) < 4.78 is 2.65. The van der Waals surface area contributed by atoms with Crippen molar-refractivity contribution in [3.63, 3.8) is 0 Å². The Bertz CT molecular complexity index is 1750. The molecule has 6 rings (SSSR count). The number of piperazine rings is 1. The third-order valence-corrected chi connectivity index (χ3v) is 8.72. The molecule has 1 saturated heterocycles. The third kappa shape index (κ3) is 5.59. The van der Waals surface area contributed by atoms with Gasteiger partial charge in [0.2, 0.25) is 0 Å². The predicted octanol–water partition coefficient (Wildman–Crippen LogP) is 5.72. The number of pyridine rings is 2. The lowest BCUT2D eigenvalue weighted by Gasteiger charge is -2.33. The van der Waals surface area contributed by atoms with Gasteiger partial charge in [-0.2, -0.15) is 0 Å². The smallest absolute Gasteiger partial charge is 0.274 e. The maximum atomic E-state index is 13.1. The zero-order chi connectivity index (χ0) is 28.5. The molecule has 0 unspecified atom stereocenters. The Morgan fingerprint density at radius 1 is 0.927 bits per heavy atom. The number of anilines is 4. The van der Waals surface area contributed by atoms with Crippen molar-refractivity contribution in [2.75, 3.05) is 48.8 Å². The summed E-state index contributed by atoms with van der Waals surface area (Å²) in [6, 6.07) is 21.5. The van der Waals surface area contributed by atoms with Crippen molar-refractivity contribution in [1.82, 2.24) is 14.5 Å². The standard InChI is InChI=1S/C32H32N6O2S/c1-21-25(8-6-9-26(21)35-31(39)29-18-22-7-4-5-10-28(22)41-29)23-17-27(32(40)37(3)20-23)34-30-12-11-24(19-33-30)38-15-13-36(2)14-16-38/h4-12,17-20H,13-16H2,1-3H3,(H,33,34)(H,35,39). The molecule has 2 N–H and O–H groups in total. The quantitative estimate of drug-likeness (QED) is 0.275. The first-order chi connectivity index (χ1) is 19.9. The second kappa shape index (κ2) is 11.2. The Labute approximate surface area is 242 Å². The molecular weight excluding hydrogens is 532 g/mol. The Kier molecular flexibility index (Phi) is 7.30. The molecule has 3 aromatic heterocycles. The fraction of sp³-hybridized carbons (Fsp3) is 0.219. The Morgan fingerprint density at radius 2 is 1.73 bits per heavy atom. The van der Waals surface area contributed by atoms with Crippen molar-refractivity contribution in [3.05, 3.63) is 99.9 Å². The Morgan fingerprint density at radius 3 is 2.49 bits per heavy atom. The highest BCUT2D eigenvalue weighted by molar-refractivity contribution is 7.20. The SMILES string of the molecule is Cc1c(NC(=O)c2cc3ccccc3s2)cccc1-c1cc(Nc2ccc(N3CCN(C)CC3)cn2)c(=O)n(C)c1.